The first kappa shape index (κ1) is 26.3. The van der Waals surface area contributed by atoms with Crippen LogP contribution in [0.15, 0.2) is 0 Å². The highest BCUT2D eigenvalue weighted by Crippen LogP contribution is 2.04. The molecule has 0 aliphatic rings. The zero-order valence-corrected chi connectivity index (χ0v) is 17.2. The summed E-state index contributed by atoms with van der Waals surface area (Å²) >= 11 is 0. The van der Waals surface area contributed by atoms with Crippen molar-refractivity contribution >= 4 is 29.7 Å². The zero-order valence-electron chi connectivity index (χ0n) is 17.2. The molecule has 0 bridgehead atoms. The number of nitrogens with one attached hydrogen (secondary N) is 3. The number of methoxy groups -OCH3 is 2. The van der Waals surface area contributed by atoms with E-state index in [2.05, 4.69) is 25.4 Å². The third-order valence-electron chi connectivity index (χ3n) is 3.96. The summed E-state index contributed by atoms with van der Waals surface area (Å²) in [5.41, 5.74) is 5.47. The van der Waals surface area contributed by atoms with Gasteiger partial charge in [0.2, 0.25) is 17.7 Å². The van der Waals surface area contributed by atoms with Crippen molar-refractivity contribution in [1.82, 2.24) is 16.0 Å². The van der Waals surface area contributed by atoms with E-state index < -0.39 is 35.8 Å². The summed E-state index contributed by atoms with van der Waals surface area (Å²) in [5.74, 6) is -2.66. The van der Waals surface area contributed by atoms with E-state index in [4.69, 9.17) is 5.73 Å². The molecule has 3 amide bonds. The number of carbonyl (C=O) groups is 5. The predicted octanol–water partition coefficient (Wildman–Crippen LogP) is -1.26. The Morgan fingerprint density at radius 3 is 2.07 bits per heavy atom. The molecular weight excluding hydrogens is 384 g/mol. The smallest absolute Gasteiger partial charge is 0.308 e. The summed E-state index contributed by atoms with van der Waals surface area (Å²) in [6.45, 7) is 1.89. The van der Waals surface area contributed by atoms with Crippen LogP contribution in [0.4, 0.5) is 0 Å². The quantitative estimate of drug-likeness (QED) is 0.201. The van der Waals surface area contributed by atoms with Gasteiger partial charge in [0.15, 0.2) is 0 Å². The number of ether oxygens (including phenoxy) is 2. The van der Waals surface area contributed by atoms with Crippen LogP contribution >= 0.6 is 0 Å². The molecule has 0 aromatic rings. The van der Waals surface area contributed by atoms with Gasteiger partial charge in [-0.15, -0.1) is 0 Å². The average molecular weight is 416 g/mol. The molecule has 0 aromatic carbocycles. The fourth-order valence-electron chi connectivity index (χ4n) is 2.41. The lowest BCUT2D eigenvalue weighted by Gasteiger charge is -2.22. The lowest BCUT2D eigenvalue weighted by atomic mass is 10.1. The van der Waals surface area contributed by atoms with Gasteiger partial charge in [-0.1, -0.05) is 0 Å². The predicted molar refractivity (Wildman–Crippen MR) is 103 cm³/mol. The Morgan fingerprint density at radius 1 is 0.862 bits per heavy atom. The Labute approximate surface area is 170 Å². The van der Waals surface area contributed by atoms with Crippen molar-refractivity contribution in [3.05, 3.63) is 0 Å². The van der Waals surface area contributed by atoms with E-state index in [9.17, 15) is 24.0 Å². The summed E-state index contributed by atoms with van der Waals surface area (Å²) in [6, 6.07) is -2.04. The molecule has 0 aromatic heterocycles. The minimum absolute atomic E-state index is 0.157. The minimum atomic E-state index is -1.16. The molecule has 0 rings (SSSR count). The standard InChI is InChI=1S/C18H32N4O7/c1-12(23)21-14(11-16(25)29-3)18(27)22-13(7-4-5-9-19)17(26)20-10-6-8-15(24)28-2/h13-14H,4-11,19H2,1-3H3,(H,20,26)(H,21,23)(H,22,27)/t13-,14-/m0/s1. The first-order chi connectivity index (χ1) is 13.7. The molecule has 2 atom stereocenters. The molecule has 0 aliphatic carbocycles. The number of unbranched alkanes of at least 4 members (excludes halogenated alkanes) is 1. The lowest BCUT2D eigenvalue weighted by molar-refractivity contribution is -0.144. The summed E-state index contributed by atoms with van der Waals surface area (Å²) < 4.78 is 9.07. The molecule has 0 heterocycles. The molecule has 0 unspecified atom stereocenters. The number of nitrogens with two attached hydrogens (primary N) is 1. The third kappa shape index (κ3) is 12.4. The number of hydrogen-bond acceptors (Lipinski definition) is 8. The van der Waals surface area contributed by atoms with Crippen LogP contribution in [0.25, 0.3) is 0 Å². The fraction of sp³-hybridized carbons (Fsp3) is 0.722. The van der Waals surface area contributed by atoms with Crippen molar-refractivity contribution in [3.63, 3.8) is 0 Å². The summed E-state index contributed by atoms with van der Waals surface area (Å²) in [7, 11) is 2.45. The van der Waals surface area contributed by atoms with Crippen LogP contribution < -0.4 is 21.7 Å². The maximum Gasteiger partial charge on any atom is 0.308 e. The zero-order chi connectivity index (χ0) is 22.2. The Morgan fingerprint density at radius 2 is 1.52 bits per heavy atom. The van der Waals surface area contributed by atoms with Crippen molar-refractivity contribution in [2.75, 3.05) is 27.3 Å². The summed E-state index contributed by atoms with van der Waals surface area (Å²) in [6.07, 6.45) is 1.77. The van der Waals surface area contributed by atoms with Crippen LogP contribution in [0.1, 0.15) is 45.4 Å². The molecule has 166 valence electrons. The first-order valence-electron chi connectivity index (χ1n) is 9.44. The second-order valence-electron chi connectivity index (χ2n) is 6.35. The molecule has 29 heavy (non-hydrogen) atoms. The molecule has 11 nitrogen and oxygen atoms in total. The van der Waals surface area contributed by atoms with Gasteiger partial charge in [-0.05, 0) is 32.2 Å². The Balaban J connectivity index is 4.94. The van der Waals surface area contributed by atoms with Crippen LogP contribution in [0.2, 0.25) is 0 Å². The second-order valence-corrected chi connectivity index (χ2v) is 6.35. The number of esters is 2. The van der Waals surface area contributed by atoms with E-state index in [0.29, 0.717) is 32.2 Å². The second kappa shape index (κ2) is 15.3. The van der Waals surface area contributed by atoms with Gasteiger partial charge in [0.1, 0.15) is 12.1 Å². The van der Waals surface area contributed by atoms with Gasteiger partial charge in [0.05, 0.1) is 20.6 Å². The highest BCUT2D eigenvalue weighted by atomic mass is 16.5. The van der Waals surface area contributed by atoms with Gasteiger partial charge < -0.3 is 31.2 Å². The van der Waals surface area contributed by atoms with Crippen LogP contribution in [-0.2, 0) is 33.4 Å². The normalized spacial score (nSPS) is 12.3. The highest BCUT2D eigenvalue weighted by molar-refractivity contribution is 5.93. The Bertz CT molecular complexity index is 568. The Hall–Kier alpha value is -2.69. The third-order valence-corrected chi connectivity index (χ3v) is 3.96. The molecule has 0 aliphatic heterocycles. The van der Waals surface area contributed by atoms with E-state index in [1.807, 2.05) is 0 Å². The number of rotatable bonds is 14. The number of hydrogen-bond donors (Lipinski definition) is 4. The molecule has 0 saturated heterocycles. The van der Waals surface area contributed by atoms with Crippen LogP contribution in [0.5, 0.6) is 0 Å². The SMILES string of the molecule is COC(=O)CCCNC(=O)[C@H](CCCCN)NC(=O)[C@H](CC(=O)OC)NC(C)=O. The van der Waals surface area contributed by atoms with E-state index in [-0.39, 0.29) is 25.4 Å². The topological polar surface area (TPSA) is 166 Å². The molecule has 5 N–H and O–H groups in total. The lowest BCUT2D eigenvalue weighted by Crippen LogP contribution is -2.54. The first-order valence-corrected chi connectivity index (χ1v) is 9.44. The van der Waals surface area contributed by atoms with E-state index in [1.54, 1.807) is 0 Å². The largest absolute Gasteiger partial charge is 0.469 e. The van der Waals surface area contributed by atoms with Gasteiger partial charge in [-0.2, -0.15) is 0 Å². The molecule has 0 spiro atoms. The maximum atomic E-state index is 12.5. The van der Waals surface area contributed by atoms with Gasteiger partial charge in [-0.25, -0.2) is 0 Å². The minimum Gasteiger partial charge on any atom is -0.469 e. The van der Waals surface area contributed by atoms with Crippen molar-refractivity contribution < 1.29 is 33.4 Å². The summed E-state index contributed by atoms with van der Waals surface area (Å²) in [5, 5.41) is 7.59. The van der Waals surface area contributed by atoms with Crippen molar-refractivity contribution in [3.8, 4) is 0 Å². The molecule has 0 saturated carbocycles. The monoisotopic (exact) mass is 416 g/mol. The van der Waals surface area contributed by atoms with E-state index in [1.165, 1.54) is 21.1 Å². The van der Waals surface area contributed by atoms with Gasteiger partial charge in [0.25, 0.3) is 0 Å². The van der Waals surface area contributed by atoms with Crippen LogP contribution in [0, 0.1) is 0 Å². The van der Waals surface area contributed by atoms with Gasteiger partial charge in [0, 0.05) is 19.9 Å². The maximum absolute atomic E-state index is 12.5. The number of amides is 3. The van der Waals surface area contributed by atoms with Crippen molar-refractivity contribution in [2.45, 2.75) is 57.5 Å². The van der Waals surface area contributed by atoms with E-state index in [0.717, 1.165) is 0 Å². The average Bonchev–Trinajstić information content (AvgIpc) is 2.68. The van der Waals surface area contributed by atoms with Crippen LogP contribution in [-0.4, -0.2) is 69.1 Å². The van der Waals surface area contributed by atoms with Crippen LogP contribution in [0.3, 0.4) is 0 Å². The fourth-order valence-corrected chi connectivity index (χ4v) is 2.41. The molecular formula is C18H32N4O7. The van der Waals surface area contributed by atoms with Gasteiger partial charge >= 0.3 is 11.9 Å². The summed E-state index contributed by atoms with van der Waals surface area (Å²) in [4.78, 5) is 59.0. The Kier molecular flexibility index (Phi) is 13.8. The van der Waals surface area contributed by atoms with Gasteiger partial charge in [-0.3, -0.25) is 24.0 Å². The molecule has 0 fully saturated rings. The van der Waals surface area contributed by atoms with Crippen molar-refractivity contribution in [1.29, 1.82) is 0 Å². The molecule has 0 radical (unpaired) electrons. The van der Waals surface area contributed by atoms with Crippen molar-refractivity contribution in [2.24, 2.45) is 5.73 Å². The highest BCUT2D eigenvalue weighted by Gasteiger charge is 2.27. The number of carbonyl (C=O) groups excluding carboxylic acids is 5. The van der Waals surface area contributed by atoms with E-state index >= 15 is 0 Å². The molecule has 11 heteroatoms.